The van der Waals surface area contributed by atoms with Crippen LogP contribution in [0, 0.1) is 32.9 Å². The van der Waals surface area contributed by atoms with Crippen LogP contribution in [0.3, 0.4) is 0 Å². The smallest absolute Gasteiger partial charge is 0.509 e. The zero-order valence-corrected chi connectivity index (χ0v) is 27.7. The maximum Gasteiger partial charge on any atom is 2.00 e. The van der Waals surface area contributed by atoms with Crippen molar-refractivity contribution in [1.29, 1.82) is 0 Å². The minimum atomic E-state index is -1.69. The van der Waals surface area contributed by atoms with E-state index in [2.05, 4.69) is 28.3 Å². The number of alkyl halides is 2. The van der Waals surface area contributed by atoms with E-state index in [1.54, 1.807) is 37.9 Å². The topological polar surface area (TPSA) is 54.1 Å². The predicted octanol–water partition coefficient (Wildman–Crippen LogP) is 8.71. The molecule has 0 aliphatic heterocycles. The summed E-state index contributed by atoms with van der Waals surface area (Å²) in [5.74, 6) is 0.245. The number of methoxy groups -OCH3 is 1. The van der Waals surface area contributed by atoms with Gasteiger partial charge in [-0.1, -0.05) is 30.6 Å². The summed E-state index contributed by atoms with van der Waals surface area (Å²) < 4.78 is 58.9. The van der Waals surface area contributed by atoms with Gasteiger partial charge < -0.3 is 14.0 Å². The van der Waals surface area contributed by atoms with E-state index in [1.165, 1.54) is 0 Å². The fraction of sp³-hybridized carbons (Fsp3) is 0.222. The first-order chi connectivity index (χ1) is 21.7. The van der Waals surface area contributed by atoms with Crippen LogP contribution in [-0.4, -0.2) is 38.8 Å². The van der Waals surface area contributed by atoms with Gasteiger partial charge >= 0.3 is 21.1 Å². The number of fused-ring (bicyclic) bond motifs is 3. The second kappa shape index (κ2) is 12.4. The van der Waals surface area contributed by atoms with Crippen molar-refractivity contribution in [3.05, 3.63) is 113 Å². The Morgan fingerprint density at radius 3 is 2.52 bits per heavy atom. The van der Waals surface area contributed by atoms with Crippen LogP contribution in [0.1, 0.15) is 34.9 Å². The van der Waals surface area contributed by atoms with Crippen LogP contribution in [-0.2, 0) is 21.1 Å². The molecule has 0 N–H and O–H groups in total. The molecule has 46 heavy (non-hydrogen) atoms. The Morgan fingerprint density at radius 2 is 1.74 bits per heavy atom. The molecule has 1 aliphatic rings. The Balaban J connectivity index is 0.00000372. The first kappa shape index (κ1) is 31.6. The molecule has 7 rings (SSSR count). The second-order valence-electron chi connectivity index (χ2n) is 11.3. The van der Waals surface area contributed by atoms with E-state index in [9.17, 15) is 13.2 Å². The van der Waals surface area contributed by atoms with Crippen molar-refractivity contribution < 1.29 is 43.7 Å². The molecule has 6 aromatic rings. The van der Waals surface area contributed by atoms with Crippen molar-refractivity contribution in [2.75, 3.05) is 7.11 Å². The number of pyridine rings is 1. The van der Waals surface area contributed by atoms with Crippen LogP contribution in [0.5, 0.6) is 17.2 Å². The third kappa shape index (κ3) is 5.51. The molecule has 0 amide bonds. The molecule has 1 unspecified atom stereocenters. The Labute approximate surface area is 278 Å². The molecule has 0 bridgehead atoms. The second-order valence-corrected chi connectivity index (χ2v) is 11.3. The number of allylic oxidation sites excluding steroid dienone is 2. The normalized spacial score (nSPS) is 18.0. The van der Waals surface area contributed by atoms with Gasteiger partial charge in [0.25, 0.3) is 0 Å². The maximum atomic E-state index is 14.9. The van der Waals surface area contributed by atoms with Crippen molar-refractivity contribution in [1.82, 2.24) is 19.3 Å². The number of hydrogen-bond donors (Lipinski definition) is 0. The number of halogens is 3. The molecule has 10 heteroatoms. The van der Waals surface area contributed by atoms with Crippen LogP contribution in [0.4, 0.5) is 13.2 Å². The minimum Gasteiger partial charge on any atom is -0.509 e. The van der Waals surface area contributed by atoms with Crippen LogP contribution in [0.2, 0.25) is 0 Å². The average molecular weight is 802 g/mol. The van der Waals surface area contributed by atoms with E-state index in [0.717, 1.165) is 33.4 Å². The van der Waals surface area contributed by atoms with Gasteiger partial charge in [-0.05, 0) is 43.1 Å². The van der Waals surface area contributed by atoms with Gasteiger partial charge in [0.2, 0.25) is 0 Å². The molecular formula is C36H29F3N4O2Pt. The van der Waals surface area contributed by atoms with Crippen molar-refractivity contribution in [3.8, 4) is 28.8 Å². The van der Waals surface area contributed by atoms with Gasteiger partial charge in [-0.25, -0.2) is 18.2 Å². The summed E-state index contributed by atoms with van der Waals surface area (Å²) in [6.45, 7) is 5.37. The number of nitrogens with zero attached hydrogens (tertiary/aromatic N) is 4. The zero-order valence-electron chi connectivity index (χ0n) is 25.4. The monoisotopic (exact) mass is 801 g/mol. The van der Waals surface area contributed by atoms with Gasteiger partial charge in [0, 0.05) is 47.0 Å². The summed E-state index contributed by atoms with van der Waals surface area (Å²) in [7, 11) is 1.62. The third-order valence-electron chi connectivity index (χ3n) is 8.27. The van der Waals surface area contributed by atoms with E-state index in [0.29, 0.717) is 45.7 Å². The SMILES string of the molecule is COc1ccnc(-n2c3[c-]c(Oc4[c-]c(-n5nc(C)c(C6C(F)=C[C@H](F)C[C@@H]6F)c5C)cc(C)c4)ccc3c3ccccc32)c1.[Pt+2]. The zero-order chi connectivity index (χ0) is 31.4. The molecule has 0 saturated heterocycles. The minimum absolute atomic E-state index is 0. The summed E-state index contributed by atoms with van der Waals surface area (Å²) in [4.78, 5) is 4.60. The molecule has 6 nitrogen and oxygen atoms in total. The first-order valence-corrected chi connectivity index (χ1v) is 14.6. The van der Waals surface area contributed by atoms with Gasteiger partial charge in [0.05, 0.1) is 18.7 Å². The first-order valence-electron chi connectivity index (χ1n) is 14.6. The molecule has 3 aromatic carbocycles. The Morgan fingerprint density at radius 1 is 0.935 bits per heavy atom. The fourth-order valence-electron chi connectivity index (χ4n) is 6.30. The predicted molar refractivity (Wildman–Crippen MR) is 167 cm³/mol. The molecule has 3 heterocycles. The summed E-state index contributed by atoms with van der Waals surface area (Å²) in [6, 6.07) is 26.0. The van der Waals surface area contributed by atoms with Crippen LogP contribution >= 0.6 is 0 Å². The molecule has 0 saturated carbocycles. The molecule has 0 fully saturated rings. The quantitative estimate of drug-likeness (QED) is 0.158. The molecule has 3 atom stereocenters. The van der Waals surface area contributed by atoms with E-state index < -0.39 is 24.1 Å². The number of benzene rings is 3. The summed E-state index contributed by atoms with van der Waals surface area (Å²) in [5, 5.41) is 6.64. The van der Waals surface area contributed by atoms with Gasteiger partial charge in [-0.3, -0.25) is 4.68 Å². The van der Waals surface area contributed by atoms with Crippen molar-refractivity contribution >= 4 is 21.8 Å². The Bertz CT molecular complexity index is 2120. The number of aromatic nitrogens is 4. The summed E-state index contributed by atoms with van der Waals surface area (Å²) in [6.07, 6.45) is -1.15. The molecule has 0 radical (unpaired) electrons. The van der Waals surface area contributed by atoms with Crippen molar-refractivity contribution in [2.45, 2.75) is 45.5 Å². The number of rotatable bonds is 6. The van der Waals surface area contributed by atoms with Crippen LogP contribution < -0.4 is 9.47 Å². The standard InChI is InChI=1S/C36H29F3N4O2.Pt/c1-20-13-24(43-22(3)35(21(2)41-43)36-30(38)15-23(37)16-31(36)39)17-27(14-20)45-26-9-10-29-28-7-5-6-8-32(28)42(33(29)18-26)34-19-25(44-4)11-12-40-34;/h5-15,19,23,31,36H,16H2,1-4H3;/q-2;+2/t23-,31-,36?;/m0./s1. The number of para-hydroxylation sites is 1. The molecule has 236 valence electrons. The van der Waals surface area contributed by atoms with Gasteiger partial charge in [0.1, 0.15) is 29.7 Å². The Kier molecular flexibility index (Phi) is 8.55. The van der Waals surface area contributed by atoms with E-state index in [-0.39, 0.29) is 27.5 Å². The van der Waals surface area contributed by atoms with Crippen molar-refractivity contribution in [3.63, 3.8) is 0 Å². The number of ether oxygens (including phenoxy) is 2. The fourth-order valence-corrected chi connectivity index (χ4v) is 6.30. The number of aryl methyl sites for hydroxylation is 2. The van der Waals surface area contributed by atoms with E-state index >= 15 is 0 Å². The molecule has 3 aromatic heterocycles. The van der Waals surface area contributed by atoms with Gasteiger partial charge in [0.15, 0.2) is 0 Å². The van der Waals surface area contributed by atoms with Crippen molar-refractivity contribution in [2.24, 2.45) is 0 Å². The average Bonchev–Trinajstić information content (AvgIpc) is 3.49. The molecule has 0 spiro atoms. The maximum absolute atomic E-state index is 14.9. The summed E-state index contributed by atoms with van der Waals surface area (Å²) >= 11 is 0. The van der Waals surface area contributed by atoms with Crippen LogP contribution in [0.15, 0.2) is 78.8 Å². The van der Waals surface area contributed by atoms with Gasteiger partial charge in [-0.15, -0.1) is 35.7 Å². The summed E-state index contributed by atoms with van der Waals surface area (Å²) in [5.41, 5.74) is 4.60. The van der Waals surface area contributed by atoms with E-state index in [1.807, 2.05) is 60.0 Å². The number of hydrogen-bond acceptors (Lipinski definition) is 4. The van der Waals surface area contributed by atoms with E-state index in [4.69, 9.17) is 9.47 Å². The molecule has 1 aliphatic carbocycles. The third-order valence-corrected chi connectivity index (χ3v) is 8.27. The largest absolute Gasteiger partial charge is 2.00 e. The molecular weight excluding hydrogens is 772 g/mol. The van der Waals surface area contributed by atoms with Gasteiger partial charge in [-0.2, -0.15) is 16.7 Å². The van der Waals surface area contributed by atoms with Crippen LogP contribution in [0.25, 0.3) is 33.3 Å². The Hall–Kier alpha value is -4.36.